The minimum Gasteiger partial charge on any atom is -0.375 e. The zero-order chi connectivity index (χ0) is 14.5. The van der Waals surface area contributed by atoms with Crippen molar-refractivity contribution in [1.82, 2.24) is 5.32 Å². The van der Waals surface area contributed by atoms with E-state index in [0.29, 0.717) is 6.04 Å². The van der Waals surface area contributed by atoms with Gasteiger partial charge in [-0.25, -0.2) is 0 Å². The quantitative estimate of drug-likeness (QED) is 0.788. The smallest absolute Gasteiger partial charge is 0.0701 e. The van der Waals surface area contributed by atoms with Gasteiger partial charge in [0, 0.05) is 12.6 Å². The van der Waals surface area contributed by atoms with Crippen molar-refractivity contribution in [3.63, 3.8) is 0 Å². The van der Waals surface area contributed by atoms with Gasteiger partial charge in [0.05, 0.1) is 5.60 Å². The normalized spacial score (nSPS) is 30.9. The molecule has 0 radical (unpaired) electrons. The fourth-order valence-corrected chi connectivity index (χ4v) is 5.61. The summed E-state index contributed by atoms with van der Waals surface area (Å²) in [5.41, 5.74) is 1.94. The van der Waals surface area contributed by atoms with Gasteiger partial charge in [0.15, 0.2) is 0 Å². The highest BCUT2D eigenvalue weighted by Gasteiger charge is 2.40. The van der Waals surface area contributed by atoms with Gasteiger partial charge < -0.3 is 10.1 Å². The zero-order valence-electron chi connectivity index (χ0n) is 13.5. The number of ether oxygens (including phenoxy) is 1. The van der Waals surface area contributed by atoms with Crippen LogP contribution in [0.25, 0.3) is 0 Å². The molecule has 0 bridgehead atoms. The highest BCUT2D eigenvalue weighted by molar-refractivity contribution is 7.99. The standard InChI is InChI=1S/C18H31NOS/c1-19-17(13-15-5-3-2-4-6-15)16-7-10-20-18(14-16)8-11-21-12-9-18/h5,16-17,19H,2-4,6-14H2,1H3. The van der Waals surface area contributed by atoms with E-state index >= 15 is 0 Å². The van der Waals surface area contributed by atoms with Crippen LogP contribution in [0.5, 0.6) is 0 Å². The molecule has 2 unspecified atom stereocenters. The van der Waals surface area contributed by atoms with Crippen LogP contribution in [0, 0.1) is 5.92 Å². The van der Waals surface area contributed by atoms with Crippen molar-refractivity contribution in [2.75, 3.05) is 25.2 Å². The molecule has 0 aromatic rings. The lowest BCUT2D eigenvalue weighted by Gasteiger charge is -2.45. The molecule has 0 aromatic heterocycles. The summed E-state index contributed by atoms with van der Waals surface area (Å²) in [6.45, 7) is 0.979. The Morgan fingerprint density at radius 3 is 2.95 bits per heavy atom. The topological polar surface area (TPSA) is 21.3 Å². The minimum absolute atomic E-state index is 0.226. The fourth-order valence-electron chi connectivity index (χ4n) is 4.38. The predicted molar refractivity (Wildman–Crippen MR) is 92.0 cm³/mol. The first-order valence-electron chi connectivity index (χ1n) is 8.88. The Kier molecular flexibility index (Phi) is 5.69. The molecule has 0 saturated carbocycles. The van der Waals surface area contributed by atoms with Crippen molar-refractivity contribution in [1.29, 1.82) is 0 Å². The Morgan fingerprint density at radius 1 is 1.38 bits per heavy atom. The summed E-state index contributed by atoms with van der Waals surface area (Å²) >= 11 is 2.10. The lowest BCUT2D eigenvalue weighted by atomic mass is 9.76. The molecule has 3 rings (SSSR count). The SMILES string of the molecule is CNC(CC1=CCCCC1)C1CCOC2(CCSCC2)C1. The van der Waals surface area contributed by atoms with Crippen molar-refractivity contribution in [3.05, 3.63) is 11.6 Å². The van der Waals surface area contributed by atoms with Gasteiger partial charge in [0.1, 0.15) is 0 Å². The third kappa shape index (κ3) is 4.05. The van der Waals surface area contributed by atoms with Crippen molar-refractivity contribution in [2.45, 2.75) is 69.4 Å². The minimum atomic E-state index is 0.226. The Balaban J connectivity index is 1.61. The van der Waals surface area contributed by atoms with Gasteiger partial charge in [-0.3, -0.25) is 0 Å². The maximum atomic E-state index is 6.27. The number of hydrogen-bond acceptors (Lipinski definition) is 3. The molecular weight excluding hydrogens is 278 g/mol. The molecule has 2 fully saturated rings. The van der Waals surface area contributed by atoms with Gasteiger partial charge in [0.2, 0.25) is 0 Å². The Hall–Kier alpha value is 0.01000. The number of rotatable bonds is 4. The Bertz CT molecular complexity index is 357. The molecule has 1 spiro atoms. The summed E-state index contributed by atoms with van der Waals surface area (Å²) in [6.07, 6.45) is 14.3. The van der Waals surface area contributed by atoms with Crippen LogP contribution in [-0.2, 0) is 4.74 Å². The molecule has 120 valence electrons. The predicted octanol–water partition coefficient (Wildman–Crippen LogP) is 4.16. The van der Waals surface area contributed by atoms with Crippen molar-refractivity contribution < 1.29 is 4.74 Å². The van der Waals surface area contributed by atoms with Crippen LogP contribution < -0.4 is 5.32 Å². The van der Waals surface area contributed by atoms with E-state index in [4.69, 9.17) is 4.74 Å². The lowest BCUT2D eigenvalue weighted by Crippen LogP contribution is -2.48. The molecule has 1 N–H and O–H groups in total. The maximum absolute atomic E-state index is 6.27. The van der Waals surface area contributed by atoms with Gasteiger partial charge >= 0.3 is 0 Å². The maximum Gasteiger partial charge on any atom is 0.0701 e. The van der Waals surface area contributed by atoms with E-state index < -0.39 is 0 Å². The van der Waals surface area contributed by atoms with Crippen molar-refractivity contribution in [3.8, 4) is 0 Å². The summed E-state index contributed by atoms with van der Waals surface area (Å²) in [4.78, 5) is 0. The molecular formula is C18H31NOS. The molecule has 2 aliphatic heterocycles. The molecule has 21 heavy (non-hydrogen) atoms. The molecule has 0 amide bonds. The number of thioether (sulfide) groups is 1. The molecule has 3 aliphatic rings. The van der Waals surface area contributed by atoms with E-state index in [1.165, 1.54) is 69.3 Å². The first-order chi connectivity index (χ1) is 10.3. The largest absolute Gasteiger partial charge is 0.375 e. The molecule has 2 nitrogen and oxygen atoms in total. The summed E-state index contributed by atoms with van der Waals surface area (Å²) in [5, 5.41) is 3.64. The second-order valence-electron chi connectivity index (χ2n) is 7.10. The van der Waals surface area contributed by atoms with Crippen molar-refractivity contribution in [2.24, 2.45) is 5.92 Å². The monoisotopic (exact) mass is 309 g/mol. The zero-order valence-corrected chi connectivity index (χ0v) is 14.4. The highest BCUT2D eigenvalue weighted by Crippen LogP contribution is 2.41. The average molecular weight is 310 g/mol. The van der Waals surface area contributed by atoms with Gasteiger partial charge in [-0.1, -0.05) is 11.6 Å². The molecule has 2 saturated heterocycles. The van der Waals surface area contributed by atoms with Crippen LogP contribution in [0.2, 0.25) is 0 Å². The van der Waals surface area contributed by atoms with Gasteiger partial charge in [-0.15, -0.1) is 0 Å². The Labute approximate surface area is 134 Å². The van der Waals surface area contributed by atoms with Crippen LogP contribution in [0.3, 0.4) is 0 Å². The molecule has 3 heteroatoms. The summed E-state index contributed by atoms with van der Waals surface area (Å²) in [5.74, 6) is 3.39. The van der Waals surface area contributed by atoms with E-state index in [2.05, 4.69) is 30.2 Å². The third-order valence-electron chi connectivity index (χ3n) is 5.74. The number of allylic oxidation sites excluding steroid dienone is 1. The van der Waals surface area contributed by atoms with Crippen LogP contribution in [-0.4, -0.2) is 36.8 Å². The number of hydrogen-bond donors (Lipinski definition) is 1. The molecule has 2 atom stereocenters. The van der Waals surface area contributed by atoms with Crippen LogP contribution in [0.1, 0.15) is 57.8 Å². The molecule has 2 heterocycles. The summed E-state index contributed by atoms with van der Waals surface area (Å²) in [6, 6.07) is 0.657. The van der Waals surface area contributed by atoms with E-state index in [9.17, 15) is 0 Å². The lowest BCUT2D eigenvalue weighted by molar-refractivity contribution is -0.107. The van der Waals surface area contributed by atoms with Gasteiger partial charge in [0.25, 0.3) is 0 Å². The summed E-state index contributed by atoms with van der Waals surface area (Å²) < 4.78 is 6.27. The van der Waals surface area contributed by atoms with E-state index in [-0.39, 0.29) is 5.60 Å². The number of nitrogens with one attached hydrogen (secondary N) is 1. The first-order valence-corrected chi connectivity index (χ1v) is 10.0. The second-order valence-corrected chi connectivity index (χ2v) is 8.33. The molecule has 1 aliphatic carbocycles. The van der Waals surface area contributed by atoms with Crippen LogP contribution in [0.15, 0.2) is 11.6 Å². The van der Waals surface area contributed by atoms with E-state index in [0.717, 1.165) is 12.5 Å². The molecule has 0 aromatic carbocycles. The van der Waals surface area contributed by atoms with E-state index in [1.54, 1.807) is 5.57 Å². The van der Waals surface area contributed by atoms with Gasteiger partial charge in [-0.2, -0.15) is 11.8 Å². The third-order valence-corrected chi connectivity index (χ3v) is 6.73. The van der Waals surface area contributed by atoms with Crippen molar-refractivity contribution >= 4 is 11.8 Å². The summed E-state index contributed by atoms with van der Waals surface area (Å²) in [7, 11) is 2.16. The first kappa shape index (κ1) is 15.9. The highest BCUT2D eigenvalue weighted by atomic mass is 32.2. The van der Waals surface area contributed by atoms with Crippen LogP contribution in [0.4, 0.5) is 0 Å². The second kappa shape index (κ2) is 7.52. The van der Waals surface area contributed by atoms with Crippen LogP contribution >= 0.6 is 11.8 Å². The van der Waals surface area contributed by atoms with E-state index in [1.807, 2.05) is 0 Å². The Morgan fingerprint density at radius 2 is 2.24 bits per heavy atom. The fraction of sp³-hybridized carbons (Fsp3) is 0.889. The average Bonchev–Trinajstić information content (AvgIpc) is 2.54. The van der Waals surface area contributed by atoms with Gasteiger partial charge in [-0.05, 0) is 82.3 Å².